The molecule has 1 saturated heterocycles. The molecule has 33 heavy (non-hydrogen) atoms. The lowest BCUT2D eigenvalue weighted by Crippen LogP contribution is -2.43. The van der Waals surface area contributed by atoms with E-state index in [4.69, 9.17) is 0 Å². The first-order valence-electron chi connectivity index (χ1n) is 11.0. The van der Waals surface area contributed by atoms with Gasteiger partial charge in [0.25, 0.3) is 0 Å². The Balaban J connectivity index is 1.61. The van der Waals surface area contributed by atoms with Gasteiger partial charge >= 0.3 is 0 Å². The van der Waals surface area contributed by atoms with Crippen LogP contribution in [0.3, 0.4) is 0 Å². The number of nitrogens with zero attached hydrogens (tertiary/aromatic N) is 5. The van der Waals surface area contributed by atoms with Crippen molar-refractivity contribution in [2.75, 3.05) is 0 Å². The summed E-state index contributed by atoms with van der Waals surface area (Å²) in [5, 5.41) is 9.06. The molecule has 0 amide bonds. The summed E-state index contributed by atoms with van der Waals surface area (Å²) in [6, 6.07) is 8.26. The fraction of sp³-hybridized carbons (Fsp3) is 0.269. The molecule has 0 aliphatic carbocycles. The molecular formula is C26H25F2N5. The Morgan fingerprint density at radius 3 is 2.79 bits per heavy atom. The SMILES string of the molecule is C=C/C(=C\C(=C)F)C(c1cccc(F)c1)N1C2CCC1c1nnc(-c3cncc(C)c3)n1C2. The zero-order valence-electron chi connectivity index (χ0n) is 18.5. The second-order valence-electron chi connectivity index (χ2n) is 8.69. The molecule has 0 radical (unpaired) electrons. The second-order valence-corrected chi connectivity index (χ2v) is 8.69. The summed E-state index contributed by atoms with van der Waals surface area (Å²) in [4.78, 5) is 6.62. The summed E-state index contributed by atoms with van der Waals surface area (Å²) in [6.07, 6.45) is 8.47. The lowest BCUT2D eigenvalue weighted by atomic mass is 9.93. The molecule has 4 heterocycles. The molecule has 2 aromatic heterocycles. The number of pyridine rings is 1. The average Bonchev–Trinajstić information content (AvgIpc) is 3.34. The third-order valence-electron chi connectivity index (χ3n) is 6.50. The largest absolute Gasteiger partial charge is 0.308 e. The minimum Gasteiger partial charge on any atom is -0.308 e. The normalized spacial score (nSPS) is 21.0. The van der Waals surface area contributed by atoms with Crippen LogP contribution in [0, 0.1) is 12.7 Å². The van der Waals surface area contributed by atoms with Crippen LogP contribution in [0.25, 0.3) is 11.4 Å². The molecule has 3 atom stereocenters. The lowest BCUT2D eigenvalue weighted by Gasteiger charge is -2.41. The van der Waals surface area contributed by atoms with E-state index in [9.17, 15) is 8.78 Å². The minimum atomic E-state index is -0.562. The van der Waals surface area contributed by atoms with Crippen molar-refractivity contribution in [2.45, 2.75) is 44.4 Å². The Morgan fingerprint density at radius 2 is 2.06 bits per heavy atom. The quantitative estimate of drug-likeness (QED) is 0.461. The predicted molar refractivity (Wildman–Crippen MR) is 123 cm³/mol. The molecule has 2 bridgehead atoms. The smallest absolute Gasteiger partial charge is 0.165 e. The first-order valence-corrected chi connectivity index (χ1v) is 11.0. The van der Waals surface area contributed by atoms with E-state index in [0.717, 1.165) is 41.2 Å². The van der Waals surface area contributed by atoms with E-state index in [1.54, 1.807) is 18.3 Å². The van der Waals surface area contributed by atoms with Gasteiger partial charge in [0.05, 0.1) is 12.1 Å². The summed E-state index contributed by atoms with van der Waals surface area (Å²) in [5.74, 6) is 0.774. The molecule has 2 aliphatic heterocycles. The van der Waals surface area contributed by atoms with Gasteiger partial charge in [-0.15, -0.1) is 10.2 Å². The number of allylic oxidation sites excluding steroid dienone is 2. The predicted octanol–water partition coefficient (Wildman–Crippen LogP) is 5.64. The number of aryl methyl sites for hydroxylation is 1. The van der Waals surface area contributed by atoms with Gasteiger partial charge in [-0.3, -0.25) is 9.88 Å². The summed E-state index contributed by atoms with van der Waals surface area (Å²) >= 11 is 0. The van der Waals surface area contributed by atoms with Crippen LogP contribution in [0.4, 0.5) is 8.78 Å². The fourth-order valence-corrected chi connectivity index (χ4v) is 5.23. The average molecular weight is 446 g/mol. The van der Waals surface area contributed by atoms with Crippen molar-refractivity contribution in [2.24, 2.45) is 0 Å². The minimum absolute atomic E-state index is 0.0349. The van der Waals surface area contributed by atoms with E-state index in [0.29, 0.717) is 12.1 Å². The Bertz CT molecular complexity index is 1260. The zero-order valence-corrected chi connectivity index (χ0v) is 18.5. The highest BCUT2D eigenvalue weighted by molar-refractivity contribution is 5.55. The van der Waals surface area contributed by atoms with Crippen molar-refractivity contribution < 1.29 is 8.78 Å². The molecule has 0 N–H and O–H groups in total. The highest BCUT2D eigenvalue weighted by atomic mass is 19.1. The second kappa shape index (κ2) is 8.48. The van der Waals surface area contributed by atoms with Crippen LogP contribution >= 0.6 is 0 Å². The molecule has 1 aromatic carbocycles. The lowest BCUT2D eigenvalue weighted by molar-refractivity contribution is 0.107. The van der Waals surface area contributed by atoms with Crippen LogP contribution in [0.2, 0.25) is 0 Å². The first kappa shape index (κ1) is 21.4. The summed E-state index contributed by atoms with van der Waals surface area (Å²) in [6.45, 7) is 10.00. The van der Waals surface area contributed by atoms with Gasteiger partial charge < -0.3 is 4.57 Å². The number of aromatic nitrogens is 4. The summed E-state index contributed by atoms with van der Waals surface area (Å²) in [5.41, 5.74) is 3.38. The van der Waals surface area contributed by atoms with E-state index < -0.39 is 5.83 Å². The van der Waals surface area contributed by atoms with Crippen molar-refractivity contribution in [3.8, 4) is 11.4 Å². The Labute approximate surface area is 191 Å². The molecule has 5 rings (SSSR count). The Hall–Kier alpha value is -3.45. The highest BCUT2D eigenvalue weighted by Gasteiger charge is 2.46. The number of hydrogen-bond acceptors (Lipinski definition) is 4. The third-order valence-corrected chi connectivity index (χ3v) is 6.50. The Kier molecular flexibility index (Phi) is 5.50. The monoisotopic (exact) mass is 445 g/mol. The van der Waals surface area contributed by atoms with Gasteiger partial charge in [0.1, 0.15) is 11.6 Å². The number of benzene rings is 1. The summed E-state index contributed by atoms with van der Waals surface area (Å²) < 4.78 is 30.3. The van der Waals surface area contributed by atoms with Crippen LogP contribution in [0.5, 0.6) is 0 Å². The molecule has 7 heteroatoms. The van der Waals surface area contributed by atoms with E-state index in [1.165, 1.54) is 18.2 Å². The summed E-state index contributed by atoms with van der Waals surface area (Å²) in [7, 11) is 0. The van der Waals surface area contributed by atoms with Crippen molar-refractivity contribution in [3.05, 3.63) is 102 Å². The molecule has 1 fully saturated rings. The standard InChI is InChI=1S/C26H25F2N5/c1-4-18(11-17(3)27)24(19-6-5-7-21(28)12-19)33-22-8-9-23(33)26-31-30-25(32(26)15-22)20-10-16(2)13-29-14-20/h4-7,10-14,22-24H,1,3,8-9,15H2,2H3/b18-11+. The first-order chi connectivity index (χ1) is 16.0. The fourth-order valence-electron chi connectivity index (χ4n) is 5.23. The number of rotatable bonds is 6. The number of hydrogen-bond donors (Lipinski definition) is 0. The molecular weight excluding hydrogens is 420 g/mol. The van der Waals surface area contributed by atoms with E-state index in [1.807, 2.05) is 19.2 Å². The van der Waals surface area contributed by atoms with E-state index in [-0.39, 0.29) is 23.9 Å². The molecule has 5 nitrogen and oxygen atoms in total. The maximum Gasteiger partial charge on any atom is 0.165 e. The molecule has 168 valence electrons. The Morgan fingerprint density at radius 1 is 1.21 bits per heavy atom. The van der Waals surface area contributed by atoms with Crippen LogP contribution in [0.15, 0.2) is 79.4 Å². The van der Waals surface area contributed by atoms with Gasteiger partial charge in [-0.2, -0.15) is 0 Å². The third kappa shape index (κ3) is 3.82. The zero-order chi connectivity index (χ0) is 23.1. The molecule has 0 saturated carbocycles. The van der Waals surface area contributed by atoms with Gasteiger partial charge in [-0.1, -0.05) is 31.4 Å². The van der Waals surface area contributed by atoms with Crippen LogP contribution in [-0.4, -0.2) is 30.7 Å². The van der Waals surface area contributed by atoms with Crippen LogP contribution in [-0.2, 0) is 6.54 Å². The van der Waals surface area contributed by atoms with Crippen molar-refractivity contribution >= 4 is 0 Å². The van der Waals surface area contributed by atoms with E-state index in [2.05, 4.69) is 43.9 Å². The molecule has 0 spiro atoms. The molecule has 3 aromatic rings. The van der Waals surface area contributed by atoms with Gasteiger partial charge in [-0.05, 0) is 60.7 Å². The number of fused-ring (bicyclic) bond motifs is 4. The topological polar surface area (TPSA) is 46.8 Å². The number of halogens is 2. The van der Waals surface area contributed by atoms with Crippen LogP contribution < -0.4 is 0 Å². The van der Waals surface area contributed by atoms with Gasteiger partial charge in [0.15, 0.2) is 11.6 Å². The van der Waals surface area contributed by atoms with Gasteiger partial charge in [0.2, 0.25) is 0 Å². The maximum atomic E-state index is 14.2. The maximum absolute atomic E-state index is 14.2. The van der Waals surface area contributed by atoms with Gasteiger partial charge in [-0.25, -0.2) is 8.78 Å². The van der Waals surface area contributed by atoms with Crippen LogP contribution in [0.1, 0.15) is 41.9 Å². The van der Waals surface area contributed by atoms with Crippen molar-refractivity contribution in [1.82, 2.24) is 24.6 Å². The molecule has 3 unspecified atom stereocenters. The van der Waals surface area contributed by atoms with Gasteiger partial charge in [0, 0.05) is 30.5 Å². The molecule has 2 aliphatic rings. The van der Waals surface area contributed by atoms with Crippen molar-refractivity contribution in [3.63, 3.8) is 0 Å². The van der Waals surface area contributed by atoms with Crippen molar-refractivity contribution in [1.29, 1.82) is 0 Å². The van der Waals surface area contributed by atoms with E-state index >= 15 is 0 Å². The highest BCUT2D eigenvalue weighted by Crippen LogP contribution is 2.48.